The van der Waals surface area contributed by atoms with E-state index in [2.05, 4.69) is 36.7 Å². The van der Waals surface area contributed by atoms with Crippen LogP contribution in [0.25, 0.3) is 0 Å². The zero-order chi connectivity index (χ0) is 12.9. The van der Waals surface area contributed by atoms with Gasteiger partial charge >= 0.3 is 0 Å². The summed E-state index contributed by atoms with van der Waals surface area (Å²) in [5.74, 6) is 0.239. The highest BCUT2D eigenvalue weighted by Gasteiger charge is 2.25. The van der Waals surface area contributed by atoms with Crippen LogP contribution in [0.2, 0.25) is 0 Å². The van der Waals surface area contributed by atoms with E-state index < -0.39 is 0 Å². The fraction of sp³-hybridized carbons (Fsp3) is 0.500. The van der Waals surface area contributed by atoms with E-state index >= 15 is 0 Å². The van der Waals surface area contributed by atoms with Crippen LogP contribution in [0.3, 0.4) is 0 Å². The van der Waals surface area contributed by atoms with Crippen molar-refractivity contribution in [1.29, 1.82) is 0 Å². The van der Waals surface area contributed by atoms with Crippen LogP contribution in [0.1, 0.15) is 31.1 Å². The fourth-order valence-electron chi connectivity index (χ4n) is 2.04. The first-order chi connectivity index (χ1) is 8.06. The molecular weight excluding hydrogens is 278 g/mol. The summed E-state index contributed by atoms with van der Waals surface area (Å²) < 4.78 is 1.88. The SMILES string of the molecule is CC[N+](CC)(CC)CC(=O)c1ccc(Br)cc1. The topological polar surface area (TPSA) is 17.1 Å². The molecule has 0 radical (unpaired) electrons. The molecule has 1 aromatic rings. The van der Waals surface area contributed by atoms with Crippen molar-refractivity contribution in [3.63, 3.8) is 0 Å². The molecule has 1 aromatic carbocycles. The van der Waals surface area contributed by atoms with Gasteiger partial charge in [0.25, 0.3) is 0 Å². The third-order valence-corrected chi connectivity index (χ3v) is 4.19. The number of carbonyl (C=O) groups excluding carboxylic acids is 1. The van der Waals surface area contributed by atoms with Crippen LogP contribution < -0.4 is 0 Å². The largest absolute Gasteiger partial charge is 0.318 e. The minimum Gasteiger partial charge on any atom is -0.318 e. The summed E-state index contributed by atoms with van der Waals surface area (Å²) in [6.45, 7) is 10.1. The molecular formula is C14H21BrNO+. The number of likely N-dealkylation sites (N-methyl/N-ethyl adjacent to an activating group) is 1. The molecule has 3 heteroatoms. The third-order valence-electron chi connectivity index (χ3n) is 3.66. The molecule has 0 aliphatic carbocycles. The van der Waals surface area contributed by atoms with Crippen molar-refractivity contribution in [1.82, 2.24) is 0 Å². The number of nitrogens with zero attached hydrogens (tertiary/aromatic N) is 1. The van der Waals surface area contributed by atoms with Crippen molar-refractivity contribution in [3.8, 4) is 0 Å². The first-order valence-corrected chi connectivity index (χ1v) is 7.00. The first-order valence-electron chi connectivity index (χ1n) is 6.20. The van der Waals surface area contributed by atoms with Gasteiger partial charge in [-0.3, -0.25) is 4.79 Å². The average molecular weight is 299 g/mol. The van der Waals surface area contributed by atoms with Crippen LogP contribution in [0.5, 0.6) is 0 Å². The number of rotatable bonds is 6. The van der Waals surface area contributed by atoms with E-state index in [1.807, 2.05) is 24.3 Å². The fourth-order valence-corrected chi connectivity index (χ4v) is 2.30. The summed E-state index contributed by atoms with van der Waals surface area (Å²) in [6.07, 6.45) is 0. The van der Waals surface area contributed by atoms with Crippen LogP contribution in [0.15, 0.2) is 28.7 Å². The Bertz CT molecular complexity index is 360. The van der Waals surface area contributed by atoms with Gasteiger partial charge in [-0.2, -0.15) is 0 Å². The molecule has 0 fully saturated rings. The van der Waals surface area contributed by atoms with Gasteiger partial charge in [0, 0.05) is 10.0 Å². The van der Waals surface area contributed by atoms with E-state index in [0.29, 0.717) is 6.54 Å². The van der Waals surface area contributed by atoms with E-state index in [1.165, 1.54) is 0 Å². The van der Waals surface area contributed by atoms with Gasteiger partial charge in [-0.05, 0) is 32.9 Å². The summed E-state index contributed by atoms with van der Waals surface area (Å²) in [5, 5.41) is 0. The number of benzene rings is 1. The summed E-state index contributed by atoms with van der Waals surface area (Å²) in [5.41, 5.74) is 0.811. The number of carbonyl (C=O) groups is 1. The Morgan fingerprint density at radius 1 is 1.06 bits per heavy atom. The number of hydrogen-bond acceptors (Lipinski definition) is 1. The molecule has 94 valence electrons. The lowest BCUT2D eigenvalue weighted by atomic mass is 10.1. The zero-order valence-electron chi connectivity index (χ0n) is 10.9. The van der Waals surface area contributed by atoms with Crippen LogP contribution >= 0.6 is 15.9 Å². The molecule has 0 spiro atoms. The van der Waals surface area contributed by atoms with E-state index in [0.717, 1.165) is 34.2 Å². The Kier molecular flexibility index (Phi) is 5.34. The average Bonchev–Trinajstić information content (AvgIpc) is 2.37. The van der Waals surface area contributed by atoms with E-state index in [9.17, 15) is 4.79 Å². The van der Waals surface area contributed by atoms with Gasteiger partial charge in [0.2, 0.25) is 5.78 Å². The number of halogens is 1. The highest BCUT2D eigenvalue weighted by Crippen LogP contribution is 2.13. The van der Waals surface area contributed by atoms with Crippen LogP contribution in [0.4, 0.5) is 0 Å². The van der Waals surface area contributed by atoms with Crippen molar-refractivity contribution < 1.29 is 9.28 Å². The number of hydrogen-bond donors (Lipinski definition) is 0. The van der Waals surface area contributed by atoms with Gasteiger partial charge in [0.15, 0.2) is 0 Å². The van der Waals surface area contributed by atoms with Crippen LogP contribution in [-0.4, -0.2) is 36.4 Å². The normalized spacial score (nSPS) is 11.5. The van der Waals surface area contributed by atoms with Gasteiger partial charge in [-0.15, -0.1) is 0 Å². The quantitative estimate of drug-likeness (QED) is 0.580. The maximum atomic E-state index is 12.2. The second-order valence-electron chi connectivity index (χ2n) is 4.38. The lowest BCUT2D eigenvalue weighted by Gasteiger charge is -2.35. The first kappa shape index (κ1) is 14.4. The number of Topliss-reactive ketones (excluding diaryl/α,β-unsaturated/α-hetero) is 1. The minimum absolute atomic E-state index is 0.239. The summed E-state index contributed by atoms with van der Waals surface area (Å²) in [7, 11) is 0. The second-order valence-corrected chi connectivity index (χ2v) is 5.29. The van der Waals surface area contributed by atoms with Gasteiger partial charge in [0.1, 0.15) is 6.54 Å². The van der Waals surface area contributed by atoms with Gasteiger partial charge in [-0.25, -0.2) is 0 Å². The van der Waals surface area contributed by atoms with E-state index in [-0.39, 0.29) is 5.78 Å². The molecule has 0 saturated heterocycles. The molecule has 17 heavy (non-hydrogen) atoms. The third kappa shape index (κ3) is 3.65. The lowest BCUT2D eigenvalue weighted by molar-refractivity contribution is -0.915. The van der Waals surface area contributed by atoms with Gasteiger partial charge in [-0.1, -0.05) is 28.1 Å². The Balaban J connectivity index is 2.81. The standard InChI is InChI=1S/C14H21BrNO/c1-4-16(5-2,6-3)11-14(17)12-7-9-13(15)10-8-12/h7-10H,4-6,11H2,1-3H3/q+1. The highest BCUT2D eigenvalue weighted by atomic mass is 79.9. The minimum atomic E-state index is 0.239. The monoisotopic (exact) mass is 298 g/mol. The maximum Gasteiger partial charge on any atom is 0.216 e. The smallest absolute Gasteiger partial charge is 0.216 e. The van der Waals surface area contributed by atoms with E-state index in [1.54, 1.807) is 0 Å². The van der Waals surface area contributed by atoms with Crippen molar-refractivity contribution in [2.45, 2.75) is 20.8 Å². The molecule has 1 rings (SSSR count). The molecule has 0 aliphatic heterocycles. The van der Waals surface area contributed by atoms with Crippen molar-refractivity contribution in [2.24, 2.45) is 0 Å². The van der Waals surface area contributed by atoms with Crippen molar-refractivity contribution >= 4 is 21.7 Å². The number of quaternary nitrogens is 1. The summed E-state index contributed by atoms with van der Waals surface area (Å²) >= 11 is 3.38. The lowest BCUT2D eigenvalue weighted by Crippen LogP contribution is -2.50. The Morgan fingerprint density at radius 2 is 1.53 bits per heavy atom. The zero-order valence-corrected chi connectivity index (χ0v) is 12.5. The molecule has 0 amide bonds. The molecule has 0 N–H and O–H groups in total. The molecule has 0 aliphatic rings. The maximum absolute atomic E-state index is 12.2. The van der Waals surface area contributed by atoms with Crippen LogP contribution in [-0.2, 0) is 0 Å². The highest BCUT2D eigenvalue weighted by molar-refractivity contribution is 9.10. The summed E-state index contributed by atoms with van der Waals surface area (Å²) in [6, 6.07) is 7.63. The molecule has 0 saturated carbocycles. The van der Waals surface area contributed by atoms with Crippen LogP contribution in [0, 0.1) is 0 Å². The molecule has 0 bridgehead atoms. The molecule has 0 unspecified atom stereocenters. The second kappa shape index (κ2) is 6.31. The Morgan fingerprint density at radius 3 is 1.94 bits per heavy atom. The molecule has 0 aromatic heterocycles. The predicted molar refractivity (Wildman–Crippen MR) is 75.2 cm³/mol. The van der Waals surface area contributed by atoms with Crippen molar-refractivity contribution in [2.75, 3.05) is 26.2 Å². The molecule has 2 nitrogen and oxygen atoms in total. The molecule has 0 heterocycles. The summed E-state index contributed by atoms with van der Waals surface area (Å²) in [4.78, 5) is 12.2. The number of ketones is 1. The Hall–Kier alpha value is -0.670. The van der Waals surface area contributed by atoms with Gasteiger partial charge < -0.3 is 4.48 Å². The van der Waals surface area contributed by atoms with E-state index in [4.69, 9.17) is 0 Å². The van der Waals surface area contributed by atoms with Crippen molar-refractivity contribution in [3.05, 3.63) is 34.3 Å². The van der Waals surface area contributed by atoms with Gasteiger partial charge in [0.05, 0.1) is 19.6 Å². The predicted octanol–water partition coefficient (Wildman–Crippen LogP) is 3.51. The molecule has 0 atom stereocenters. The Labute approximate surface area is 112 Å².